The third-order valence-electron chi connectivity index (χ3n) is 5.61. The predicted octanol–water partition coefficient (Wildman–Crippen LogP) is 6.09. The molecule has 37 heavy (non-hydrogen) atoms. The van der Waals surface area contributed by atoms with Crippen molar-refractivity contribution in [1.82, 2.24) is 9.66 Å². The Morgan fingerprint density at radius 2 is 1.70 bits per heavy atom. The maximum atomic E-state index is 13.4. The van der Waals surface area contributed by atoms with Crippen LogP contribution in [-0.4, -0.2) is 20.8 Å². The molecule has 4 aromatic carbocycles. The van der Waals surface area contributed by atoms with Crippen molar-refractivity contribution in [3.63, 3.8) is 0 Å². The minimum atomic E-state index is -0.501. The largest absolute Gasteiger partial charge is 0.488 e. The maximum Gasteiger partial charge on any atom is 0.282 e. The lowest BCUT2D eigenvalue weighted by atomic mass is 10.2. The van der Waals surface area contributed by atoms with Gasteiger partial charge in [0.2, 0.25) is 0 Å². The van der Waals surface area contributed by atoms with Gasteiger partial charge in [0, 0.05) is 28.3 Å². The van der Waals surface area contributed by atoms with E-state index in [-0.39, 0.29) is 17.9 Å². The molecule has 9 heteroatoms. The van der Waals surface area contributed by atoms with E-state index in [1.807, 2.05) is 48.5 Å². The Balaban J connectivity index is 1.59. The molecule has 0 radical (unpaired) electrons. The molecule has 1 aromatic heterocycles. The monoisotopic (exact) mass is 510 g/mol. The minimum absolute atomic E-state index is 0.132. The van der Waals surface area contributed by atoms with Crippen molar-refractivity contribution >= 4 is 34.4 Å². The standard InChI is InChI=1S/C28H19ClN4O4/c29-22-12-10-19(11-13-22)18-37-26-15-14-23(33(35)36)16-21(26)17-30-32-27(20-6-2-1-3-7-20)31-25-9-5-4-8-24(25)28(32)34/h1-17H,18H2. The molecule has 0 fully saturated rings. The Bertz CT molecular complexity index is 1680. The van der Waals surface area contributed by atoms with E-state index in [1.165, 1.54) is 29.1 Å². The SMILES string of the molecule is O=c1c2ccccc2nc(-c2ccccc2)n1N=Cc1cc([N+](=O)[O-])ccc1OCc1ccc(Cl)cc1. The Labute approximate surface area is 216 Å². The maximum absolute atomic E-state index is 13.4. The molecule has 0 aliphatic carbocycles. The minimum Gasteiger partial charge on any atom is -0.488 e. The number of benzene rings is 4. The summed E-state index contributed by atoms with van der Waals surface area (Å²) in [7, 11) is 0. The molecule has 0 aliphatic rings. The molecule has 0 saturated carbocycles. The number of aromatic nitrogens is 2. The number of halogens is 1. The van der Waals surface area contributed by atoms with Gasteiger partial charge in [-0.2, -0.15) is 9.78 Å². The first kappa shape index (κ1) is 23.9. The second-order valence-electron chi connectivity index (χ2n) is 8.07. The molecule has 5 aromatic rings. The third-order valence-corrected chi connectivity index (χ3v) is 5.86. The van der Waals surface area contributed by atoms with Gasteiger partial charge in [-0.25, -0.2) is 4.98 Å². The summed E-state index contributed by atoms with van der Waals surface area (Å²) in [4.78, 5) is 29.0. The van der Waals surface area contributed by atoms with E-state index in [0.717, 1.165) is 5.56 Å². The van der Waals surface area contributed by atoms with Crippen LogP contribution in [0.25, 0.3) is 22.3 Å². The molecule has 5 rings (SSSR count). The molecule has 0 saturated heterocycles. The fourth-order valence-corrected chi connectivity index (χ4v) is 3.87. The van der Waals surface area contributed by atoms with Crippen LogP contribution in [0.1, 0.15) is 11.1 Å². The summed E-state index contributed by atoms with van der Waals surface area (Å²) in [6.45, 7) is 0.211. The van der Waals surface area contributed by atoms with E-state index < -0.39 is 4.92 Å². The predicted molar refractivity (Wildman–Crippen MR) is 143 cm³/mol. The Morgan fingerprint density at radius 1 is 0.973 bits per heavy atom. The number of nitro benzene ring substituents is 1. The van der Waals surface area contributed by atoms with Crippen molar-refractivity contribution in [2.75, 3.05) is 0 Å². The summed E-state index contributed by atoms with van der Waals surface area (Å²) >= 11 is 5.95. The number of nitrogens with zero attached hydrogens (tertiary/aromatic N) is 4. The van der Waals surface area contributed by atoms with E-state index in [4.69, 9.17) is 16.3 Å². The molecule has 1 heterocycles. The highest BCUT2D eigenvalue weighted by atomic mass is 35.5. The van der Waals surface area contributed by atoms with Crippen LogP contribution in [-0.2, 0) is 6.61 Å². The molecule has 182 valence electrons. The lowest BCUT2D eigenvalue weighted by Crippen LogP contribution is -2.20. The number of ether oxygens (including phenoxy) is 1. The van der Waals surface area contributed by atoms with Crippen LogP contribution in [0.15, 0.2) is 107 Å². The molecule has 0 bridgehead atoms. The van der Waals surface area contributed by atoms with Gasteiger partial charge in [0.05, 0.1) is 22.0 Å². The molecule has 0 unspecified atom stereocenters. The van der Waals surface area contributed by atoms with Gasteiger partial charge in [0.15, 0.2) is 5.82 Å². The summed E-state index contributed by atoms with van der Waals surface area (Å²) in [6.07, 6.45) is 1.37. The van der Waals surface area contributed by atoms with Gasteiger partial charge >= 0.3 is 0 Å². The molecular weight excluding hydrogens is 492 g/mol. The number of hydrogen-bond acceptors (Lipinski definition) is 6. The lowest BCUT2D eigenvalue weighted by molar-refractivity contribution is -0.384. The first-order valence-corrected chi connectivity index (χ1v) is 11.6. The van der Waals surface area contributed by atoms with Gasteiger partial charge in [-0.05, 0) is 35.9 Å². The molecule has 0 atom stereocenters. The first-order valence-electron chi connectivity index (χ1n) is 11.3. The summed E-state index contributed by atoms with van der Waals surface area (Å²) < 4.78 is 7.14. The van der Waals surface area contributed by atoms with Crippen molar-refractivity contribution in [2.24, 2.45) is 5.10 Å². The number of hydrogen-bond donors (Lipinski definition) is 0. The number of non-ortho nitro benzene ring substituents is 1. The summed E-state index contributed by atoms with van der Waals surface area (Å²) in [5.41, 5.74) is 1.94. The van der Waals surface area contributed by atoms with E-state index in [2.05, 4.69) is 10.1 Å². The van der Waals surface area contributed by atoms with Crippen LogP contribution in [0.3, 0.4) is 0 Å². The van der Waals surface area contributed by atoms with Crippen molar-refractivity contribution in [1.29, 1.82) is 0 Å². The quantitative estimate of drug-likeness (QED) is 0.150. The van der Waals surface area contributed by atoms with Crippen LogP contribution < -0.4 is 10.3 Å². The Morgan fingerprint density at radius 3 is 2.46 bits per heavy atom. The van der Waals surface area contributed by atoms with Gasteiger partial charge < -0.3 is 4.74 Å². The number of fused-ring (bicyclic) bond motifs is 1. The van der Waals surface area contributed by atoms with E-state index in [0.29, 0.717) is 38.6 Å². The zero-order chi connectivity index (χ0) is 25.8. The second kappa shape index (κ2) is 10.4. The molecule has 8 nitrogen and oxygen atoms in total. The highest BCUT2D eigenvalue weighted by molar-refractivity contribution is 6.30. The van der Waals surface area contributed by atoms with Gasteiger partial charge in [0.1, 0.15) is 12.4 Å². The number of nitro groups is 1. The Kier molecular flexibility index (Phi) is 6.74. The van der Waals surface area contributed by atoms with Gasteiger partial charge in [-0.1, -0.05) is 66.2 Å². The van der Waals surface area contributed by atoms with Crippen molar-refractivity contribution in [3.05, 3.63) is 134 Å². The lowest BCUT2D eigenvalue weighted by Gasteiger charge is -2.11. The van der Waals surface area contributed by atoms with Crippen molar-refractivity contribution in [3.8, 4) is 17.1 Å². The van der Waals surface area contributed by atoms with E-state index in [1.54, 1.807) is 30.3 Å². The van der Waals surface area contributed by atoms with Gasteiger partial charge in [-0.3, -0.25) is 14.9 Å². The summed E-state index contributed by atoms with van der Waals surface area (Å²) in [6, 6.07) is 27.6. The summed E-state index contributed by atoms with van der Waals surface area (Å²) in [5.74, 6) is 0.710. The summed E-state index contributed by atoms with van der Waals surface area (Å²) in [5, 5.41) is 16.9. The zero-order valence-corrected chi connectivity index (χ0v) is 20.1. The molecule has 0 amide bonds. The highest BCUT2D eigenvalue weighted by Crippen LogP contribution is 2.25. The molecule has 0 spiro atoms. The smallest absolute Gasteiger partial charge is 0.282 e. The highest BCUT2D eigenvalue weighted by Gasteiger charge is 2.14. The third kappa shape index (κ3) is 5.24. The van der Waals surface area contributed by atoms with Crippen LogP contribution in [0.4, 0.5) is 5.69 Å². The zero-order valence-electron chi connectivity index (χ0n) is 19.3. The van der Waals surface area contributed by atoms with Crippen LogP contribution in [0.2, 0.25) is 5.02 Å². The molecular formula is C28H19ClN4O4. The number of para-hydroxylation sites is 1. The first-order chi connectivity index (χ1) is 18.0. The van der Waals surface area contributed by atoms with Gasteiger partial charge in [-0.15, -0.1) is 0 Å². The number of rotatable bonds is 7. The topological polar surface area (TPSA) is 99.6 Å². The van der Waals surface area contributed by atoms with Crippen LogP contribution in [0.5, 0.6) is 5.75 Å². The molecule has 0 N–H and O–H groups in total. The molecule has 0 aliphatic heterocycles. The second-order valence-corrected chi connectivity index (χ2v) is 8.51. The Hall–Kier alpha value is -4.82. The fourth-order valence-electron chi connectivity index (χ4n) is 3.75. The van der Waals surface area contributed by atoms with Crippen LogP contribution in [0, 0.1) is 10.1 Å². The van der Waals surface area contributed by atoms with E-state index in [9.17, 15) is 14.9 Å². The van der Waals surface area contributed by atoms with Crippen molar-refractivity contribution in [2.45, 2.75) is 6.61 Å². The average Bonchev–Trinajstić information content (AvgIpc) is 2.93. The normalized spacial score (nSPS) is 11.2. The van der Waals surface area contributed by atoms with E-state index >= 15 is 0 Å². The van der Waals surface area contributed by atoms with Crippen molar-refractivity contribution < 1.29 is 9.66 Å². The van der Waals surface area contributed by atoms with Gasteiger partial charge in [0.25, 0.3) is 11.2 Å². The fraction of sp³-hybridized carbons (Fsp3) is 0.0357. The van der Waals surface area contributed by atoms with Crippen LogP contribution >= 0.6 is 11.6 Å². The average molecular weight is 511 g/mol.